The van der Waals surface area contributed by atoms with Crippen LogP contribution in [0.25, 0.3) is 0 Å². The molecule has 4 heteroatoms. The molecule has 0 bridgehead atoms. The highest BCUT2D eigenvalue weighted by atomic mass is 16.2. The Kier molecular flexibility index (Phi) is 4.42. The number of rotatable bonds is 5. The summed E-state index contributed by atoms with van der Waals surface area (Å²) in [5.74, 6) is -0.468. The van der Waals surface area contributed by atoms with E-state index in [0.717, 1.165) is 11.4 Å². The number of amides is 2. The van der Waals surface area contributed by atoms with E-state index >= 15 is 0 Å². The van der Waals surface area contributed by atoms with Gasteiger partial charge in [-0.15, -0.1) is 0 Å². The monoisotopic (exact) mass is 308 g/mol. The smallest absolute Gasteiger partial charge is 0.230 e. The van der Waals surface area contributed by atoms with Crippen LogP contribution in [-0.4, -0.2) is 18.4 Å². The van der Waals surface area contributed by atoms with Crippen LogP contribution < -0.4 is 10.2 Å². The van der Waals surface area contributed by atoms with E-state index in [9.17, 15) is 9.59 Å². The van der Waals surface area contributed by atoms with E-state index in [1.165, 1.54) is 0 Å². The van der Waals surface area contributed by atoms with Crippen LogP contribution in [0.2, 0.25) is 0 Å². The molecule has 0 radical (unpaired) electrons. The van der Waals surface area contributed by atoms with Crippen molar-refractivity contribution in [2.24, 2.45) is 11.8 Å². The number of para-hydroxylation sites is 2. The minimum absolute atomic E-state index is 0.0342. The molecule has 3 rings (SSSR count). The van der Waals surface area contributed by atoms with Crippen LogP contribution in [0.5, 0.6) is 0 Å². The zero-order valence-electron chi connectivity index (χ0n) is 13.1. The summed E-state index contributed by atoms with van der Waals surface area (Å²) in [7, 11) is 0. The van der Waals surface area contributed by atoms with Crippen LogP contribution in [0.3, 0.4) is 0 Å². The number of carbonyl (C=O) groups excluding carboxylic acids is 2. The predicted octanol–water partition coefficient (Wildman–Crippen LogP) is 3.31. The molecule has 1 aliphatic rings. The van der Waals surface area contributed by atoms with Crippen molar-refractivity contribution < 1.29 is 9.59 Å². The SMILES string of the molecule is CCN(C(=O)C1CC1C(=O)Nc1ccccc1)c1ccccc1. The summed E-state index contributed by atoms with van der Waals surface area (Å²) >= 11 is 0. The van der Waals surface area contributed by atoms with Crippen molar-refractivity contribution in [3.8, 4) is 0 Å². The molecule has 118 valence electrons. The summed E-state index contributed by atoms with van der Waals surface area (Å²) in [6, 6.07) is 18.9. The summed E-state index contributed by atoms with van der Waals surface area (Å²) in [5, 5.41) is 2.88. The van der Waals surface area contributed by atoms with Gasteiger partial charge in [0.2, 0.25) is 11.8 Å². The lowest BCUT2D eigenvalue weighted by Gasteiger charge is -2.21. The molecule has 0 heterocycles. The number of nitrogens with one attached hydrogen (secondary N) is 1. The first kappa shape index (κ1) is 15.3. The summed E-state index contributed by atoms with van der Waals surface area (Å²) in [5.41, 5.74) is 1.65. The fraction of sp³-hybridized carbons (Fsp3) is 0.263. The molecule has 0 spiro atoms. The van der Waals surface area contributed by atoms with Gasteiger partial charge in [-0.1, -0.05) is 36.4 Å². The molecule has 0 aromatic heterocycles. The molecule has 2 amide bonds. The Bertz CT molecular complexity index is 685. The van der Waals surface area contributed by atoms with Gasteiger partial charge in [0.05, 0.1) is 11.8 Å². The van der Waals surface area contributed by atoms with E-state index in [-0.39, 0.29) is 23.7 Å². The van der Waals surface area contributed by atoms with Crippen LogP contribution in [0, 0.1) is 11.8 Å². The maximum atomic E-state index is 12.7. The molecular weight excluding hydrogens is 288 g/mol. The Morgan fingerprint density at radius 3 is 2.22 bits per heavy atom. The molecular formula is C19H20N2O2. The number of nitrogens with zero attached hydrogens (tertiary/aromatic N) is 1. The number of anilines is 2. The molecule has 23 heavy (non-hydrogen) atoms. The average Bonchev–Trinajstić information content (AvgIpc) is 3.38. The zero-order valence-corrected chi connectivity index (χ0v) is 13.1. The van der Waals surface area contributed by atoms with Gasteiger partial charge in [0.1, 0.15) is 0 Å². The van der Waals surface area contributed by atoms with Gasteiger partial charge < -0.3 is 10.2 Å². The van der Waals surface area contributed by atoms with Crippen LogP contribution >= 0.6 is 0 Å². The first-order valence-electron chi connectivity index (χ1n) is 7.93. The Morgan fingerprint density at radius 2 is 1.61 bits per heavy atom. The van der Waals surface area contributed by atoms with Crippen LogP contribution in [0.1, 0.15) is 13.3 Å². The second kappa shape index (κ2) is 6.65. The Hall–Kier alpha value is -2.62. The Balaban J connectivity index is 1.63. The van der Waals surface area contributed by atoms with Crippen molar-refractivity contribution in [2.75, 3.05) is 16.8 Å². The summed E-state index contributed by atoms with van der Waals surface area (Å²) in [4.78, 5) is 26.7. The standard InChI is InChI=1S/C19H20N2O2/c1-2-21(15-11-7-4-8-12-15)19(23)17-13-16(17)18(22)20-14-9-5-3-6-10-14/h3-12,16-17H,2,13H2,1H3,(H,20,22). The van der Waals surface area contributed by atoms with Crippen molar-refractivity contribution in [1.29, 1.82) is 0 Å². The third-order valence-corrected chi connectivity index (χ3v) is 4.14. The molecule has 0 saturated heterocycles. The largest absolute Gasteiger partial charge is 0.326 e. The molecule has 4 nitrogen and oxygen atoms in total. The summed E-state index contributed by atoms with van der Waals surface area (Å²) in [6.07, 6.45) is 0.626. The first-order valence-corrected chi connectivity index (χ1v) is 7.93. The Labute approximate surface area is 136 Å². The third kappa shape index (κ3) is 3.42. The number of carbonyl (C=O) groups is 2. The fourth-order valence-electron chi connectivity index (χ4n) is 2.79. The van der Waals surface area contributed by atoms with Crippen LogP contribution in [-0.2, 0) is 9.59 Å². The lowest BCUT2D eigenvalue weighted by Crippen LogP contribution is -2.33. The van der Waals surface area contributed by atoms with Crippen molar-refractivity contribution in [1.82, 2.24) is 0 Å². The Morgan fingerprint density at radius 1 is 1.00 bits per heavy atom. The van der Waals surface area contributed by atoms with Gasteiger partial charge in [-0.25, -0.2) is 0 Å². The van der Waals surface area contributed by atoms with E-state index in [0.29, 0.717) is 13.0 Å². The molecule has 1 saturated carbocycles. The van der Waals surface area contributed by atoms with Gasteiger partial charge in [-0.2, -0.15) is 0 Å². The minimum atomic E-state index is -0.222. The molecule has 2 unspecified atom stereocenters. The first-order chi connectivity index (χ1) is 11.2. The second-order valence-electron chi connectivity index (χ2n) is 5.72. The van der Waals surface area contributed by atoms with Crippen molar-refractivity contribution in [3.63, 3.8) is 0 Å². The number of hydrogen-bond acceptors (Lipinski definition) is 2. The molecule has 1 aliphatic carbocycles. The van der Waals surface area contributed by atoms with E-state index in [1.54, 1.807) is 4.90 Å². The van der Waals surface area contributed by atoms with E-state index in [2.05, 4.69) is 5.32 Å². The lowest BCUT2D eigenvalue weighted by molar-refractivity contribution is -0.123. The molecule has 2 aromatic rings. The quantitative estimate of drug-likeness (QED) is 0.921. The normalized spacial score (nSPS) is 19.0. The summed E-state index contributed by atoms with van der Waals surface area (Å²) in [6.45, 7) is 2.55. The highest BCUT2D eigenvalue weighted by Gasteiger charge is 2.49. The van der Waals surface area contributed by atoms with Gasteiger partial charge >= 0.3 is 0 Å². The topological polar surface area (TPSA) is 49.4 Å². The van der Waals surface area contributed by atoms with Crippen molar-refractivity contribution >= 4 is 23.2 Å². The molecule has 0 aliphatic heterocycles. The van der Waals surface area contributed by atoms with Crippen molar-refractivity contribution in [2.45, 2.75) is 13.3 Å². The highest BCUT2D eigenvalue weighted by molar-refractivity contribution is 6.04. The van der Waals surface area contributed by atoms with Crippen LogP contribution in [0.4, 0.5) is 11.4 Å². The zero-order chi connectivity index (χ0) is 16.2. The van der Waals surface area contributed by atoms with E-state index < -0.39 is 0 Å². The van der Waals surface area contributed by atoms with Crippen molar-refractivity contribution in [3.05, 3.63) is 60.7 Å². The van der Waals surface area contributed by atoms with Gasteiger partial charge in [-0.05, 0) is 37.6 Å². The highest BCUT2D eigenvalue weighted by Crippen LogP contribution is 2.41. The molecule has 2 aromatic carbocycles. The average molecular weight is 308 g/mol. The predicted molar refractivity (Wildman–Crippen MR) is 91.1 cm³/mol. The minimum Gasteiger partial charge on any atom is -0.326 e. The lowest BCUT2D eigenvalue weighted by atomic mass is 10.2. The number of hydrogen-bond donors (Lipinski definition) is 1. The van der Waals surface area contributed by atoms with Gasteiger partial charge in [0.15, 0.2) is 0 Å². The second-order valence-corrected chi connectivity index (χ2v) is 5.72. The third-order valence-electron chi connectivity index (χ3n) is 4.14. The van der Waals surface area contributed by atoms with Crippen LogP contribution in [0.15, 0.2) is 60.7 Å². The summed E-state index contributed by atoms with van der Waals surface area (Å²) < 4.78 is 0. The molecule has 1 fully saturated rings. The maximum absolute atomic E-state index is 12.7. The fourth-order valence-corrected chi connectivity index (χ4v) is 2.79. The van der Waals surface area contributed by atoms with E-state index in [4.69, 9.17) is 0 Å². The van der Waals surface area contributed by atoms with Gasteiger partial charge in [0, 0.05) is 17.9 Å². The maximum Gasteiger partial charge on any atom is 0.230 e. The molecule has 2 atom stereocenters. The van der Waals surface area contributed by atoms with Gasteiger partial charge in [0.25, 0.3) is 0 Å². The van der Waals surface area contributed by atoms with E-state index in [1.807, 2.05) is 67.6 Å². The number of benzene rings is 2. The van der Waals surface area contributed by atoms with Gasteiger partial charge in [-0.3, -0.25) is 9.59 Å². The molecule has 1 N–H and O–H groups in total.